The third-order valence-electron chi connectivity index (χ3n) is 5.80. The maximum Gasteiger partial charge on any atom is 0.253 e. The number of rotatable bonds is 8. The molecule has 1 amide bonds. The smallest absolute Gasteiger partial charge is 0.253 e. The molecule has 1 saturated heterocycles. The van der Waals surface area contributed by atoms with Crippen LogP contribution in [0, 0.1) is 0 Å². The average Bonchev–Trinajstić information content (AvgIpc) is 2.77. The zero-order valence-corrected chi connectivity index (χ0v) is 18.9. The summed E-state index contributed by atoms with van der Waals surface area (Å²) in [7, 11) is 0. The predicted molar refractivity (Wildman–Crippen MR) is 120 cm³/mol. The molecule has 0 spiro atoms. The van der Waals surface area contributed by atoms with Crippen molar-refractivity contribution in [2.24, 2.45) is 0 Å². The van der Waals surface area contributed by atoms with Crippen molar-refractivity contribution in [3.8, 4) is 0 Å². The van der Waals surface area contributed by atoms with E-state index in [9.17, 15) is 4.79 Å². The third kappa shape index (κ3) is 5.72. The van der Waals surface area contributed by atoms with Crippen molar-refractivity contribution in [3.63, 3.8) is 0 Å². The molecule has 2 aromatic carbocycles. The van der Waals surface area contributed by atoms with E-state index in [1.807, 2.05) is 37.0 Å². The Kier molecular flexibility index (Phi) is 9.57. The Labute approximate surface area is 187 Å². The monoisotopic (exact) mass is 426 g/mol. The van der Waals surface area contributed by atoms with Gasteiger partial charge in [0.05, 0.1) is 6.04 Å². The van der Waals surface area contributed by atoms with E-state index in [0.717, 1.165) is 51.4 Å². The molecule has 1 heterocycles. The quantitative estimate of drug-likeness (QED) is 0.591. The Hall–Kier alpha value is -2.14. The zero-order chi connectivity index (χ0) is 20.6. The number of carbonyl (C=O) groups excluding carboxylic acids is 1. The van der Waals surface area contributed by atoms with Crippen molar-refractivity contribution in [1.82, 2.24) is 14.7 Å². The van der Waals surface area contributed by atoms with Crippen molar-refractivity contribution in [1.29, 1.82) is 0 Å². The Balaban J connectivity index is 0.00000320. The summed E-state index contributed by atoms with van der Waals surface area (Å²) in [6.45, 7) is 14.5. The maximum atomic E-state index is 12.7. The molecule has 0 radical (unpaired) electrons. The molecule has 0 N–H and O–H groups in total. The van der Waals surface area contributed by atoms with Crippen LogP contribution in [0.15, 0.2) is 67.3 Å². The molecular formula is C25H33ClN3O-. The highest BCUT2D eigenvalue weighted by Gasteiger charge is 2.26. The number of piperazine rings is 1. The van der Waals surface area contributed by atoms with Gasteiger partial charge in [0.25, 0.3) is 5.91 Å². The fraction of sp³-hybridized carbons (Fsp3) is 0.400. The molecule has 5 heteroatoms. The number of benzene rings is 2. The van der Waals surface area contributed by atoms with Gasteiger partial charge in [-0.1, -0.05) is 48.5 Å². The van der Waals surface area contributed by atoms with Crippen LogP contribution in [0.3, 0.4) is 0 Å². The number of hydrogen-bond donors (Lipinski definition) is 0. The van der Waals surface area contributed by atoms with Crippen molar-refractivity contribution in [3.05, 3.63) is 83.9 Å². The molecule has 0 bridgehead atoms. The lowest BCUT2D eigenvalue weighted by atomic mass is 9.95. The molecule has 1 atom stereocenters. The first-order chi connectivity index (χ1) is 14.2. The number of hydrogen-bond acceptors (Lipinski definition) is 3. The van der Waals surface area contributed by atoms with Gasteiger partial charge in [0.2, 0.25) is 0 Å². The minimum absolute atomic E-state index is 0. The largest absolute Gasteiger partial charge is 1.00 e. The van der Waals surface area contributed by atoms with Gasteiger partial charge in [0, 0.05) is 51.4 Å². The van der Waals surface area contributed by atoms with E-state index in [1.54, 1.807) is 0 Å². The lowest BCUT2D eigenvalue weighted by Crippen LogP contribution is -3.00. The van der Waals surface area contributed by atoms with Crippen LogP contribution in [-0.4, -0.2) is 66.4 Å². The van der Waals surface area contributed by atoms with Crippen LogP contribution in [-0.2, 0) is 0 Å². The van der Waals surface area contributed by atoms with E-state index >= 15 is 0 Å². The minimum atomic E-state index is 0. The maximum absolute atomic E-state index is 12.7. The standard InChI is InChI=1S/C25H33N3O.ClH/c1-4-16-26-17-19-28(20-18-26)24(21-10-8-7-9-11-21)22-12-14-23(15-13-22)25(29)27(5-2)6-3;/h4,7-15,24H,1,5-6,16-20H2,2-3H3;1H/p-1. The van der Waals surface area contributed by atoms with Gasteiger partial charge in [-0.05, 0) is 37.1 Å². The van der Waals surface area contributed by atoms with Gasteiger partial charge in [-0.25, -0.2) is 0 Å². The summed E-state index contributed by atoms with van der Waals surface area (Å²) < 4.78 is 0. The average molecular weight is 427 g/mol. The Bertz CT molecular complexity index is 782. The highest BCUT2D eigenvalue weighted by Crippen LogP contribution is 2.30. The molecule has 1 aliphatic heterocycles. The summed E-state index contributed by atoms with van der Waals surface area (Å²) in [5.41, 5.74) is 3.30. The number of carbonyl (C=O) groups is 1. The van der Waals surface area contributed by atoms with Gasteiger partial charge >= 0.3 is 0 Å². The summed E-state index contributed by atoms with van der Waals surface area (Å²) in [6.07, 6.45) is 1.98. The van der Waals surface area contributed by atoms with E-state index < -0.39 is 0 Å². The first kappa shape index (κ1) is 24.1. The van der Waals surface area contributed by atoms with E-state index in [4.69, 9.17) is 0 Å². The van der Waals surface area contributed by atoms with Gasteiger partial charge in [-0.2, -0.15) is 0 Å². The SMILES string of the molecule is C=CCN1CCN(C(c2ccccc2)c2ccc(C(=O)N(CC)CC)cc2)CC1.[Cl-]. The van der Waals surface area contributed by atoms with E-state index in [0.29, 0.717) is 0 Å². The zero-order valence-electron chi connectivity index (χ0n) is 18.1. The first-order valence-electron chi connectivity index (χ1n) is 10.7. The molecule has 1 fully saturated rings. The predicted octanol–water partition coefficient (Wildman–Crippen LogP) is 1.07. The summed E-state index contributed by atoms with van der Waals surface area (Å²) >= 11 is 0. The molecule has 1 unspecified atom stereocenters. The van der Waals surface area contributed by atoms with Gasteiger partial charge in [0.15, 0.2) is 0 Å². The van der Waals surface area contributed by atoms with Crippen molar-refractivity contribution >= 4 is 5.91 Å². The van der Waals surface area contributed by atoms with E-state index in [1.165, 1.54) is 11.1 Å². The van der Waals surface area contributed by atoms with Gasteiger partial charge in [-0.3, -0.25) is 14.6 Å². The van der Waals surface area contributed by atoms with Crippen LogP contribution >= 0.6 is 0 Å². The van der Waals surface area contributed by atoms with Gasteiger partial charge < -0.3 is 17.3 Å². The van der Waals surface area contributed by atoms with Crippen molar-refractivity contribution in [2.45, 2.75) is 19.9 Å². The first-order valence-corrected chi connectivity index (χ1v) is 10.7. The molecule has 4 nitrogen and oxygen atoms in total. The number of amides is 1. The van der Waals surface area contributed by atoms with E-state index in [2.05, 4.69) is 58.8 Å². The summed E-state index contributed by atoms with van der Waals surface area (Å²) in [6, 6.07) is 19.1. The van der Waals surface area contributed by atoms with Crippen molar-refractivity contribution < 1.29 is 17.2 Å². The van der Waals surface area contributed by atoms with Crippen LogP contribution in [0.5, 0.6) is 0 Å². The molecular weight excluding hydrogens is 394 g/mol. The van der Waals surface area contributed by atoms with Gasteiger partial charge in [-0.15, -0.1) is 6.58 Å². The van der Waals surface area contributed by atoms with Crippen molar-refractivity contribution in [2.75, 3.05) is 45.8 Å². The molecule has 30 heavy (non-hydrogen) atoms. The fourth-order valence-electron chi connectivity index (χ4n) is 4.14. The topological polar surface area (TPSA) is 26.8 Å². The number of nitrogens with zero attached hydrogens (tertiary/aromatic N) is 3. The fourth-order valence-corrected chi connectivity index (χ4v) is 4.14. The molecule has 2 aromatic rings. The molecule has 0 aliphatic carbocycles. The lowest BCUT2D eigenvalue weighted by Gasteiger charge is -2.39. The van der Waals surface area contributed by atoms with Gasteiger partial charge in [0.1, 0.15) is 0 Å². The second kappa shape index (κ2) is 11.9. The molecule has 0 aromatic heterocycles. The van der Waals surface area contributed by atoms with Crippen LogP contribution in [0.1, 0.15) is 41.4 Å². The summed E-state index contributed by atoms with van der Waals surface area (Å²) in [5, 5.41) is 0. The Morgan fingerprint density at radius 2 is 1.53 bits per heavy atom. The highest BCUT2D eigenvalue weighted by atomic mass is 35.5. The van der Waals surface area contributed by atoms with Crippen LogP contribution in [0.4, 0.5) is 0 Å². The molecule has 3 rings (SSSR count). The molecule has 162 valence electrons. The Morgan fingerprint density at radius 3 is 2.07 bits per heavy atom. The number of halogens is 1. The molecule has 1 aliphatic rings. The second-order valence-electron chi connectivity index (χ2n) is 7.54. The highest BCUT2D eigenvalue weighted by molar-refractivity contribution is 5.94. The Morgan fingerprint density at radius 1 is 0.967 bits per heavy atom. The van der Waals surface area contributed by atoms with E-state index in [-0.39, 0.29) is 24.4 Å². The molecule has 0 saturated carbocycles. The van der Waals surface area contributed by atoms with Crippen LogP contribution in [0.25, 0.3) is 0 Å². The lowest BCUT2D eigenvalue weighted by molar-refractivity contribution is -0.0000160. The second-order valence-corrected chi connectivity index (χ2v) is 7.54. The van der Waals surface area contributed by atoms with Crippen LogP contribution in [0.2, 0.25) is 0 Å². The third-order valence-corrected chi connectivity index (χ3v) is 5.80. The van der Waals surface area contributed by atoms with Crippen LogP contribution < -0.4 is 12.4 Å². The minimum Gasteiger partial charge on any atom is -1.00 e. The summed E-state index contributed by atoms with van der Waals surface area (Å²) in [4.78, 5) is 19.5. The normalized spacial score (nSPS) is 15.8. The summed E-state index contributed by atoms with van der Waals surface area (Å²) in [5.74, 6) is 0.107.